The number of nitrogens with one attached hydrogen (secondary N) is 1. The van der Waals surface area contributed by atoms with Crippen LogP contribution in [0.15, 0.2) is 46.5 Å². The molecule has 0 unspecified atom stereocenters. The molecule has 17 heavy (non-hydrogen) atoms. The Morgan fingerprint density at radius 2 is 1.94 bits per heavy atom. The Morgan fingerprint density at radius 3 is 2.59 bits per heavy atom. The van der Waals surface area contributed by atoms with Crippen molar-refractivity contribution >= 4 is 17.6 Å². The number of halogens is 1. The van der Waals surface area contributed by atoms with Crippen molar-refractivity contribution in [2.24, 2.45) is 5.73 Å². The minimum Gasteiger partial charge on any atom is -0.384 e. The lowest BCUT2D eigenvalue weighted by Gasteiger charge is -2.05. The van der Waals surface area contributed by atoms with Crippen LogP contribution in [0.1, 0.15) is 5.56 Å². The summed E-state index contributed by atoms with van der Waals surface area (Å²) in [6.07, 6.45) is 1.48. The Hall–Kier alpha value is -1.95. The molecule has 0 atom stereocenters. The summed E-state index contributed by atoms with van der Waals surface area (Å²) in [5.74, 6) is -0.357. The maximum Gasteiger partial charge on any atom is 0.134 e. The molecule has 1 aromatic heterocycles. The highest BCUT2D eigenvalue weighted by molar-refractivity contribution is 7.99. The van der Waals surface area contributed by atoms with Crippen molar-refractivity contribution in [3.8, 4) is 0 Å². The van der Waals surface area contributed by atoms with Gasteiger partial charge in [-0.3, -0.25) is 5.41 Å². The van der Waals surface area contributed by atoms with Crippen LogP contribution in [0.25, 0.3) is 0 Å². The lowest BCUT2D eigenvalue weighted by molar-refractivity contribution is 0.626. The zero-order valence-electron chi connectivity index (χ0n) is 8.72. The highest BCUT2D eigenvalue weighted by atomic mass is 32.2. The largest absolute Gasteiger partial charge is 0.384 e. The van der Waals surface area contributed by atoms with E-state index in [1.54, 1.807) is 18.2 Å². The van der Waals surface area contributed by atoms with E-state index in [1.807, 2.05) is 0 Å². The van der Waals surface area contributed by atoms with Gasteiger partial charge in [-0.05, 0) is 30.3 Å². The number of aromatic nitrogens is 2. The smallest absolute Gasteiger partial charge is 0.134 e. The Labute approximate surface area is 102 Å². The second-order valence-corrected chi connectivity index (χ2v) is 4.28. The van der Waals surface area contributed by atoms with Gasteiger partial charge in [-0.1, -0.05) is 11.8 Å². The number of rotatable bonds is 3. The number of hydrogen-bond acceptors (Lipinski definition) is 4. The first-order valence-corrected chi connectivity index (χ1v) is 5.58. The molecule has 1 aromatic carbocycles. The lowest BCUT2D eigenvalue weighted by atomic mass is 10.3. The van der Waals surface area contributed by atoms with Gasteiger partial charge < -0.3 is 5.73 Å². The van der Waals surface area contributed by atoms with E-state index in [4.69, 9.17) is 11.1 Å². The molecule has 0 aliphatic rings. The molecule has 1 heterocycles. The van der Waals surface area contributed by atoms with Crippen LogP contribution in [-0.4, -0.2) is 16.0 Å². The molecule has 0 fully saturated rings. The van der Waals surface area contributed by atoms with E-state index in [0.29, 0.717) is 10.6 Å². The maximum atomic E-state index is 12.7. The summed E-state index contributed by atoms with van der Waals surface area (Å²) in [4.78, 5) is 0.814. The SMILES string of the molecule is N=C(N)c1ccnnc1Sc1ccc(F)cc1. The third-order valence-corrected chi connectivity index (χ3v) is 3.01. The number of nitrogens with two attached hydrogens (primary N) is 1. The van der Waals surface area contributed by atoms with Crippen molar-refractivity contribution in [2.75, 3.05) is 0 Å². The number of benzene rings is 1. The van der Waals surface area contributed by atoms with Gasteiger partial charge in [0.15, 0.2) is 0 Å². The summed E-state index contributed by atoms with van der Waals surface area (Å²) in [6, 6.07) is 7.64. The van der Waals surface area contributed by atoms with Crippen LogP contribution >= 0.6 is 11.8 Å². The standard InChI is InChI=1S/C11H9FN4S/c12-7-1-3-8(4-2-7)17-11-9(10(13)14)5-6-15-16-11/h1-6H,(H3,13,14). The molecule has 0 radical (unpaired) electrons. The molecule has 0 aliphatic heterocycles. The molecule has 0 spiro atoms. The van der Waals surface area contributed by atoms with E-state index in [9.17, 15) is 4.39 Å². The van der Waals surface area contributed by atoms with E-state index in [0.717, 1.165) is 4.90 Å². The Balaban J connectivity index is 2.30. The zero-order valence-corrected chi connectivity index (χ0v) is 9.54. The number of hydrogen-bond donors (Lipinski definition) is 2. The maximum absolute atomic E-state index is 12.7. The zero-order chi connectivity index (χ0) is 12.3. The van der Waals surface area contributed by atoms with Gasteiger partial charge in [0.05, 0.1) is 11.8 Å². The predicted octanol–water partition coefficient (Wildman–Crippen LogP) is 2.05. The third kappa shape index (κ3) is 2.79. The van der Waals surface area contributed by atoms with Crippen molar-refractivity contribution in [3.05, 3.63) is 47.9 Å². The average molecular weight is 248 g/mol. The molecule has 0 saturated carbocycles. The second kappa shape index (κ2) is 4.92. The molecule has 2 aromatic rings. The number of amidine groups is 1. The molecular formula is C11H9FN4S. The summed E-state index contributed by atoms with van der Waals surface area (Å²) in [7, 11) is 0. The molecule has 6 heteroatoms. The van der Waals surface area contributed by atoms with E-state index >= 15 is 0 Å². The fourth-order valence-electron chi connectivity index (χ4n) is 1.21. The normalized spacial score (nSPS) is 10.2. The molecular weight excluding hydrogens is 239 g/mol. The van der Waals surface area contributed by atoms with Crippen molar-refractivity contribution in [1.29, 1.82) is 5.41 Å². The molecule has 3 N–H and O–H groups in total. The summed E-state index contributed by atoms with van der Waals surface area (Å²) < 4.78 is 12.7. The topological polar surface area (TPSA) is 75.7 Å². The van der Waals surface area contributed by atoms with Crippen molar-refractivity contribution in [3.63, 3.8) is 0 Å². The molecule has 4 nitrogen and oxygen atoms in total. The van der Waals surface area contributed by atoms with Gasteiger partial charge in [-0.15, -0.1) is 5.10 Å². The van der Waals surface area contributed by atoms with Crippen LogP contribution in [0.3, 0.4) is 0 Å². The second-order valence-electron chi connectivity index (χ2n) is 3.22. The Bertz CT molecular complexity index is 541. The highest BCUT2D eigenvalue weighted by Crippen LogP contribution is 2.27. The molecule has 0 bridgehead atoms. The summed E-state index contributed by atoms with van der Waals surface area (Å²) in [5.41, 5.74) is 5.96. The summed E-state index contributed by atoms with van der Waals surface area (Å²) in [6.45, 7) is 0. The van der Waals surface area contributed by atoms with Gasteiger partial charge >= 0.3 is 0 Å². The predicted molar refractivity (Wildman–Crippen MR) is 63.6 cm³/mol. The van der Waals surface area contributed by atoms with Gasteiger partial charge in [0.2, 0.25) is 0 Å². The third-order valence-electron chi connectivity index (χ3n) is 2.01. The van der Waals surface area contributed by atoms with Crippen LogP contribution in [0, 0.1) is 11.2 Å². The lowest BCUT2D eigenvalue weighted by Crippen LogP contribution is -2.13. The minimum atomic E-state index is -0.291. The van der Waals surface area contributed by atoms with Gasteiger partial charge in [0.25, 0.3) is 0 Å². The van der Waals surface area contributed by atoms with Crippen molar-refractivity contribution in [2.45, 2.75) is 9.92 Å². The molecule has 0 aliphatic carbocycles. The van der Waals surface area contributed by atoms with Crippen LogP contribution in [0.5, 0.6) is 0 Å². The quantitative estimate of drug-likeness (QED) is 0.644. The Kier molecular flexibility index (Phi) is 3.34. The first kappa shape index (κ1) is 11.5. The van der Waals surface area contributed by atoms with Gasteiger partial charge in [0.1, 0.15) is 16.7 Å². The van der Waals surface area contributed by atoms with Crippen LogP contribution in [-0.2, 0) is 0 Å². The highest BCUT2D eigenvalue weighted by Gasteiger charge is 2.08. The molecule has 0 amide bonds. The van der Waals surface area contributed by atoms with Crippen LogP contribution in [0.2, 0.25) is 0 Å². The van der Waals surface area contributed by atoms with E-state index in [2.05, 4.69) is 10.2 Å². The van der Waals surface area contributed by atoms with Gasteiger partial charge in [-0.25, -0.2) is 4.39 Å². The fourth-order valence-corrected chi connectivity index (χ4v) is 2.08. The number of nitrogen functional groups attached to an aromatic ring is 1. The first-order valence-electron chi connectivity index (χ1n) is 4.76. The van der Waals surface area contributed by atoms with E-state index < -0.39 is 0 Å². The minimum absolute atomic E-state index is 0.0653. The van der Waals surface area contributed by atoms with Crippen LogP contribution < -0.4 is 5.73 Å². The molecule has 86 valence electrons. The fraction of sp³-hybridized carbons (Fsp3) is 0. The monoisotopic (exact) mass is 248 g/mol. The summed E-state index contributed by atoms with van der Waals surface area (Å²) in [5, 5.41) is 15.6. The molecule has 2 rings (SSSR count). The Morgan fingerprint density at radius 1 is 1.24 bits per heavy atom. The first-order chi connectivity index (χ1) is 8.16. The van der Waals surface area contributed by atoms with Crippen molar-refractivity contribution < 1.29 is 4.39 Å². The van der Waals surface area contributed by atoms with Gasteiger partial charge in [-0.2, -0.15) is 5.10 Å². The average Bonchev–Trinajstić information content (AvgIpc) is 2.32. The van der Waals surface area contributed by atoms with Crippen LogP contribution in [0.4, 0.5) is 4.39 Å². The van der Waals surface area contributed by atoms with Gasteiger partial charge in [0, 0.05) is 4.90 Å². The molecule has 0 saturated heterocycles. The van der Waals surface area contributed by atoms with E-state index in [-0.39, 0.29) is 11.7 Å². The summed E-state index contributed by atoms with van der Waals surface area (Å²) >= 11 is 1.29. The van der Waals surface area contributed by atoms with E-state index in [1.165, 1.54) is 30.1 Å². The number of nitrogens with zero attached hydrogens (tertiary/aromatic N) is 2. The van der Waals surface area contributed by atoms with Crippen molar-refractivity contribution in [1.82, 2.24) is 10.2 Å².